The van der Waals surface area contributed by atoms with E-state index >= 15 is 0 Å². The van der Waals surface area contributed by atoms with Crippen LogP contribution in [0.25, 0.3) is 10.8 Å². The van der Waals surface area contributed by atoms with Gasteiger partial charge in [0.15, 0.2) is 11.5 Å². The Kier molecular flexibility index (Phi) is 9.47. The van der Waals surface area contributed by atoms with Gasteiger partial charge in [-0.1, -0.05) is 50.5 Å². The van der Waals surface area contributed by atoms with Gasteiger partial charge in [0.25, 0.3) is 0 Å². The molecule has 0 saturated carbocycles. The molecule has 0 spiro atoms. The first kappa shape index (κ1) is 20.7. The minimum absolute atomic E-state index is 0.682. The minimum Gasteiger partial charge on any atom is -0.493 e. The molecule has 0 bridgehead atoms. The minimum atomic E-state index is 0.682. The lowest BCUT2D eigenvalue weighted by atomic mass is 10.1. The van der Waals surface area contributed by atoms with Gasteiger partial charge in [-0.25, -0.2) is 0 Å². The van der Waals surface area contributed by atoms with E-state index in [0.717, 1.165) is 53.7 Å². The van der Waals surface area contributed by atoms with Crippen molar-refractivity contribution in [3.8, 4) is 17.2 Å². The van der Waals surface area contributed by atoms with Crippen molar-refractivity contribution >= 4 is 22.4 Å². The third-order valence-electron chi connectivity index (χ3n) is 4.42. The van der Waals surface area contributed by atoms with E-state index in [2.05, 4.69) is 19.1 Å². The van der Waals surface area contributed by atoms with E-state index < -0.39 is 0 Å². The van der Waals surface area contributed by atoms with Crippen LogP contribution in [0.2, 0.25) is 0 Å². The number of fused-ring (bicyclic) bond motifs is 1. The molecule has 26 heavy (non-hydrogen) atoms. The van der Waals surface area contributed by atoms with E-state index in [4.69, 9.17) is 25.8 Å². The Bertz CT molecular complexity index is 657. The summed E-state index contributed by atoms with van der Waals surface area (Å²) < 4.78 is 17.7. The van der Waals surface area contributed by atoms with Crippen LogP contribution in [0.5, 0.6) is 17.2 Å². The Morgan fingerprint density at radius 3 is 2.19 bits per heavy atom. The fraction of sp³-hybridized carbons (Fsp3) is 0.545. The summed E-state index contributed by atoms with van der Waals surface area (Å²) in [4.78, 5) is 0. The van der Waals surface area contributed by atoms with Crippen molar-refractivity contribution in [3.05, 3.63) is 30.3 Å². The summed E-state index contributed by atoms with van der Waals surface area (Å²) in [7, 11) is 1.68. The summed E-state index contributed by atoms with van der Waals surface area (Å²) in [5, 5.41) is 2.10. The summed E-state index contributed by atoms with van der Waals surface area (Å²) in [6, 6.07) is 10.1. The van der Waals surface area contributed by atoms with E-state index in [1.54, 1.807) is 7.11 Å². The van der Waals surface area contributed by atoms with Crippen molar-refractivity contribution in [1.82, 2.24) is 0 Å². The molecule has 0 aromatic heterocycles. The topological polar surface area (TPSA) is 27.7 Å². The van der Waals surface area contributed by atoms with Crippen LogP contribution in [-0.4, -0.2) is 26.2 Å². The summed E-state index contributed by atoms with van der Waals surface area (Å²) in [5.74, 6) is 3.10. The van der Waals surface area contributed by atoms with Crippen LogP contribution >= 0.6 is 11.6 Å². The molecular formula is C22H31ClO3. The molecule has 0 unspecified atom stereocenters. The van der Waals surface area contributed by atoms with Crippen LogP contribution in [0.1, 0.15) is 51.9 Å². The summed E-state index contributed by atoms with van der Waals surface area (Å²) in [5.41, 5.74) is 0. The second-order valence-electron chi connectivity index (χ2n) is 6.46. The number of methoxy groups -OCH3 is 1. The first-order valence-corrected chi connectivity index (χ1v) is 10.3. The molecule has 144 valence electrons. The number of benzene rings is 2. The average molecular weight is 379 g/mol. The molecule has 0 atom stereocenters. The number of halogens is 1. The van der Waals surface area contributed by atoms with Gasteiger partial charge < -0.3 is 14.2 Å². The monoisotopic (exact) mass is 378 g/mol. The second kappa shape index (κ2) is 11.9. The molecule has 2 aromatic rings. The maximum atomic E-state index is 6.11. The third kappa shape index (κ3) is 5.98. The van der Waals surface area contributed by atoms with Gasteiger partial charge in [0.2, 0.25) is 0 Å². The Balaban J connectivity index is 2.14. The van der Waals surface area contributed by atoms with Gasteiger partial charge in [0.1, 0.15) is 5.75 Å². The summed E-state index contributed by atoms with van der Waals surface area (Å²) in [6.45, 7) is 3.60. The van der Waals surface area contributed by atoms with E-state index in [0.29, 0.717) is 19.1 Å². The highest BCUT2D eigenvalue weighted by Gasteiger charge is 2.15. The summed E-state index contributed by atoms with van der Waals surface area (Å²) >= 11 is 5.73. The molecule has 4 heteroatoms. The fourth-order valence-electron chi connectivity index (χ4n) is 2.97. The predicted molar refractivity (Wildman–Crippen MR) is 110 cm³/mol. The quantitative estimate of drug-likeness (QED) is 0.290. The molecule has 0 saturated heterocycles. The average Bonchev–Trinajstić information content (AvgIpc) is 2.68. The van der Waals surface area contributed by atoms with Crippen molar-refractivity contribution in [2.45, 2.75) is 51.9 Å². The van der Waals surface area contributed by atoms with Gasteiger partial charge in [-0.2, -0.15) is 0 Å². The fourth-order valence-corrected chi connectivity index (χ4v) is 3.16. The first-order valence-electron chi connectivity index (χ1n) is 9.73. The Hall–Kier alpha value is -1.61. The molecule has 0 radical (unpaired) electrons. The van der Waals surface area contributed by atoms with E-state index in [1.165, 1.54) is 19.3 Å². The van der Waals surface area contributed by atoms with Crippen LogP contribution in [0.4, 0.5) is 0 Å². The van der Waals surface area contributed by atoms with Gasteiger partial charge in [-0.3, -0.25) is 0 Å². The van der Waals surface area contributed by atoms with Crippen molar-refractivity contribution in [3.63, 3.8) is 0 Å². The van der Waals surface area contributed by atoms with Crippen LogP contribution in [0.3, 0.4) is 0 Å². The van der Waals surface area contributed by atoms with E-state index in [9.17, 15) is 0 Å². The highest BCUT2D eigenvalue weighted by molar-refractivity contribution is 6.17. The van der Waals surface area contributed by atoms with Gasteiger partial charge in [-0.05, 0) is 25.7 Å². The molecule has 0 aliphatic rings. The summed E-state index contributed by atoms with van der Waals surface area (Å²) in [6.07, 6.45) is 7.83. The van der Waals surface area contributed by atoms with Gasteiger partial charge in [0.05, 0.1) is 20.3 Å². The van der Waals surface area contributed by atoms with Crippen LogP contribution < -0.4 is 14.2 Å². The smallest absolute Gasteiger partial charge is 0.169 e. The van der Waals surface area contributed by atoms with Crippen molar-refractivity contribution in [2.75, 3.05) is 26.2 Å². The standard InChI is InChI=1S/C22H31ClO3/c1-3-4-5-10-16-26-22-19-13-8-7-12-18(19)20(17-21(22)24-2)25-15-11-6-9-14-23/h7-8,12-13,17H,3-6,9-11,14-16H2,1-2H3. The molecule has 0 N–H and O–H groups in total. The van der Waals surface area contributed by atoms with Crippen molar-refractivity contribution in [1.29, 1.82) is 0 Å². The highest BCUT2D eigenvalue weighted by Crippen LogP contribution is 2.41. The number of rotatable bonds is 13. The Morgan fingerprint density at radius 1 is 0.808 bits per heavy atom. The number of hydrogen-bond acceptors (Lipinski definition) is 3. The second-order valence-corrected chi connectivity index (χ2v) is 6.84. The van der Waals surface area contributed by atoms with E-state index in [-0.39, 0.29) is 0 Å². The van der Waals surface area contributed by atoms with Crippen molar-refractivity contribution < 1.29 is 14.2 Å². The molecule has 2 rings (SSSR count). The van der Waals surface area contributed by atoms with Gasteiger partial charge >= 0.3 is 0 Å². The number of alkyl halides is 1. The molecule has 0 amide bonds. The zero-order chi connectivity index (χ0) is 18.6. The lowest BCUT2D eigenvalue weighted by Crippen LogP contribution is -2.03. The predicted octanol–water partition coefficient (Wildman–Crippen LogP) is 6.60. The molecular weight excluding hydrogens is 348 g/mol. The largest absolute Gasteiger partial charge is 0.493 e. The van der Waals surface area contributed by atoms with Crippen LogP contribution in [0, 0.1) is 0 Å². The molecule has 2 aromatic carbocycles. The van der Waals surface area contributed by atoms with E-state index in [1.807, 2.05) is 18.2 Å². The van der Waals surface area contributed by atoms with Gasteiger partial charge in [0, 0.05) is 22.7 Å². The van der Waals surface area contributed by atoms with Crippen LogP contribution in [0.15, 0.2) is 30.3 Å². The maximum absolute atomic E-state index is 6.11. The third-order valence-corrected chi connectivity index (χ3v) is 4.69. The zero-order valence-corrected chi connectivity index (χ0v) is 16.8. The SMILES string of the molecule is CCCCCCOc1c(OC)cc(OCCCCCCl)c2ccccc12. The highest BCUT2D eigenvalue weighted by atomic mass is 35.5. The van der Waals surface area contributed by atoms with Crippen LogP contribution in [-0.2, 0) is 0 Å². The van der Waals surface area contributed by atoms with Crippen molar-refractivity contribution in [2.24, 2.45) is 0 Å². The molecule has 0 aliphatic carbocycles. The normalized spacial score (nSPS) is 10.9. The number of ether oxygens (including phenoxy) is 3. The molecule has 3 nitrogen and oxygen atoms in total. The lowest BCUT2D eigenvalue weighted by molar-refractivity contribution is 0.284. The molecule has 0 heterocycles. The Labute approximate surface area is 162 Å². The molecule has 0 fully saturated rings. The molecule has 0 aliphatic heterocycles. The maximum Gasteiger partial charge on any atom is 0.169 e. The zero-order valence-electron chi connectivity index (χ0n) is 16.1. The lowest BCUT2D eigenvalue weighted by Gasteiger charge is -2.17. The number of hydrogen-bond donors (Lipinski definition) is 0. The Morgan fingerprint density at radius 2 is 1.50 bits per heavy atom. The number of unbranched alkanes of at least 4 members (excludes halogenated alkanes) is 5. The van der Waals surface area contributed by atoms with Gasteiger partial charge in [-0.15, -0.1) is 11.6 Å². The first-order chi connectivity index (χ1) is 12.8.